The van der Waals surface area contributed by atoms with Crippen molar-refractivity contribution in [2.45, 2.75) is 48.8 Å². The Kier molecular flexibility index (Phi) is 4.09. The molecule has 3 rings (SSSR count). The van der Waals surface area contributed by atoms with Gasteiger partial charge in [-0.05, 0) is 45.4 Å². The van der Waals surface area contributed by atoms with Gasteiger partial charge in [0.1, 0.15) is 21.9 Å². The summed E-state index contributed by atoms with van der Waals surface area (Å²) >= 11 is 3.32. The zero-order valence-corrected chi connectivity index (χ0v) is 16.1. The van der Waals surface area contributed by atoms with E-state index in [1.54, 1.807) is 12.1 Å². The normalized spacial score (nSPS) is 34.3. The summed E-state index contributed by atoms with van der Waals surface area (Å²) in [5, 5.41) is 10.4. The highest BCUT2D eigenvalue weighted by Gasteiger charge is 2.62. The van der Waals surface area contributed by atoms with Crippen LogP contribution in [0.2, 0.25) is 0 Å². The molecule has 1 aromatic rings. The maximum atomic E-state index is 14.6. The zero-order chi connectivity index (χ0) is 17.9. The Morgan fingerprint density at radius 3 is 2.75 bits per heavy atom. The van der Waals surface area contributed by atoms with Gasteiger partial charge in [0.15, 0.2) is 9.84 Å². The molecule has 3 atom stereocenters. The Labute approximate surface area is 149 Å². The number of amidine groups is 1. The van der Waals surface area contributed by atoms with Crippen molar-refractivity contribution >= 4 is 31.6 Å². The summed E-state index contributed by atoms with van der Waals surface area (Å²) < 4.78 is 46.1. The van der Waals surface area contributed by atoms with Crippen LogP contribution in [0.3, 0.4) is 0 Å². The predicted octanol–water partition coefficient (Wildman–Crippen LogP) is 2.73. The van der Waals surface area contributed by atoms with Gasteiger partial charge in [-0.25, -0.2) is 12.8 Å². The molecular weight excluding hydrogens is 399 g/mol. The van der Waals surface area contributed by atoms with Crippen molar-refractivity contribution < 1.29 is 17.5 Å². The number of hydrogen-bond donors (Lipinski definition) is 2. The molecule has 0 saturated carbocycles. The molecule has 0 bridgehead atoms. The number of benzene rings is 1. The van der Waals surface area contributed by atoms with Crippen LogP contribution in [0.4, 0.5) is 4.39 Å². The van der Waals surface area contributed by atoms with Gasteiger partial charge in [-0.2, -0.15) is 0 Å². The van der Waals surface area contributed by atoms with E-state index in [1.807, 2.05) is 6.92 Å². The van der Waals surface area contributed by atoms with Gasteiger partial charge in [0.25, 0.3) is 0 Å². The van der Waals surface area contributed by atoms with Crippen molar-refractivity contribution in [3.8, 4) is 0 Å². The average Bonchev–Trinajstić information content (AvgIpc) is 2.50. The first kappa shape index (κ1) is 17.8. The van der Waals surface area contributed by atoms with Crippen LogP contribution in [0.5, 0.6) is 0 Å². The van der Waals surface area contributed by atoms with E-state index >= 15 is 0 Å². The second-order valence-corrected chi connectivity index (χ2v) is 10.6. The highest BCUT2D eigenvalue weighted by molar-refractivity contribution is 9.10. The number of nitrogens with one attached hydrogen (secondary N) is 2. The molecule has 0 aromatic heterocycles. The molecule has 2 N–H and O–H groups in total. The van der Waals surface area contributed by atoms with Gasteiger partial charge in [0, 0.05) is 10.0 Å². The molecule has 5 nitrogen and oxygen atoms in total. The third kappa shape index (κ3) is 2.34. The number of rotatable bonds is 1. The maximum absolute atomic E-state index is 14.6. The van der Waals surface area contributed by atoms with E-state index < -0.39 is 31.2 Å². The Hall–Kier alpha value is -0.990. The standard InChI is InChI=1S/C16H20BrFN2O3S/c1-9-6-13-16(8-23-9,11-7-10(17)4-5-12(11)18)20-14(19)15(2,3)24(13,21)22/h4-5,7,9,13H,6,8H2,1-3H3,(H2,19,20)/t9-,13+,16+/m0/s1. The van der Waals surface area contributed by atoms with Gasteiger partial charge in [-0.1, -0.05) is 15.9 Å². The van der Waals surface area contributed by atoms with E-state index in [0.29, 0.717) is 4.47 Å². The molecule has 1 aromatic carbocycles. The Morgan fingerprint density at radius 2 is 2.08 bits per heavy atom. The smallest absolute Gasteiger partial charge is 0.168 e. The van der Waals surface area contributed by atoms with Gasteiger partial charge < -0.3 is 10.1 Å². The predicted molar refractivity (Wildman–Crippen MR) is 93.5 cm³/mol. The number of sulfone groups is 1. The van der Waals surface area contributed by atoms with Gasteiger partial charge in [0.05, 0.1) is 18.0 Å². The SMILES string of the molecule is C[C@H]1C[C@@H]2[C@](c3cc(Br)ccc3F)(CO1)NC(=N)C(C)(C)S2(=O)=O. The van der Waals surface area contributed by atoms with E-state index in [9.17, 15) is 12.8 Å². The van der Waals surface area contributed by atoms with Crippen molar-refractivity contribution in [2.24, 2.45) is 0 Å². The van der Waals surface area contributed by atoms with Crippen molar-refractivity contribution in [3.05, 3.63) is 34.1 Å². The molecule has 2 saturated heterocycles. The monoisotopic (exact) mass is 418 g/mol. The lowest BCUT2D eigenvalue weighted by molar-refractivity contribution is -0.0270. The highest BCUT2D eigenvalue weighted by atomic mass is 79.9. The molecule has 0 spiro atoms. The Morgan fingerprint density at radius 1 is 1.42 bits per heavy atom. The molecule has 0 radical (unpaired) electrons. The van der Waals surface area contributed by atoms with Crippen molar-refractivity contribution in [3.63, 3.8) is 0 Å². The first-order valence-corrected chi connectivity index (χ1v) is 10.0. The van der Waals surface area contributed by atoms with E-state index in [0.717, 1.165) is 0 Å². The Balaban J connectivity index is 2.27. The van der Waals surface area contributed by atoms with Crippen molar-refractivity contribution in [2.75, 3.05) is 6.61 Å². The molecule has 2 fully saturated rings. The summed E-state index contributed by atoms with van der Waals surface area (Å²) in [4.78, 5) is 0. The minimum Gasteiger partial charge on any atom is -0.376 e. The van der Waals surface area contributed by atoms with Gasteiger partial charge >= 0.3 is 0 Å². The second kappa shape index (κ2) is 5.51. The number of fused-ring (bicyclic) bond motifs is 1. The highest BCUT2D eigenvalue weighted by Crippen LogP contribution is 2.45. The van der Waals surface area contributed by atoms with E-state index in [4.69, 9.17) is 10.1 Å². The molecular formula is C16H20BrFN2O3S. The van der Waals surface area contributed by atoms with Gasteiger partial charge in [-0.15, -0.1) is 0 Å². The average molecular weight is 419 g/mol. The number of ether oxygens (including phenoxy) is 1. The third-order valence-corrected chi connectivity index (χ3v) is 8.60. The van der Waals surface area contributed by atoms with Gasteiger partial charge in [-0.3, -0.25) is 5.41 Å². The molecule has 0 unspecified atom stereocenters. The largest absolute Gasteiger partial charge is 0.376 e. The molecule has 8 heteroatoms. The lowest BCUT2D eigenvalue weighted by atomic mass is 9.81. The summed E-state index contributed by atoms with van der Waals surface area (Å²) in [5.74, 6) is -0.659. The van der Waals surface area contributed by atoms with Crippen LogP contribution in [0.1, 0.15) is 32.8 Å². The van der Waals surface area contributed by atoms with Crippen LogP contribution < -0.4 is 5.32 Å². The van der Waals surface area contributed by atoms with E-state index in [-0.39, 0.29) is 30.5 Å². The number of hydrogen-bond acceptors (Lipinski definition) is 4. The minimum absolute atomic E-state index is 0.0100. The zero-order valence-electron chi connectivity index (χ0n) is 13.7. The fourth-order valence-corrected chi connectivity index (χ4v) is 6.19. The summed E-state index contributed by atoms with van der Waals surface area (Å²) in [6.07, 6.45) is -0.00384. The molecule has 0 aliphatic carbocycles. The molecule has 2 heterocycles. The molecule has 2 aliphatic rings. The van der Waals surface area contributed by atoms with E-state index in [1.165, 1.54) is 19.9 Å². The summed E-state index contributed by atoms with van der Waals surface area (Å²) in [6.45, 7) is 4.82. The van der Waals surface area contributed by atoms with Gasteiger partial charge in [0.2, 0.25) is 0 Å². The second-order valence-electron chi connectivity index (χ2n) is 7.00. The minimum atomic E-state index is -3.73. The maximum Gasteiger partial charge on any atom is 0.168 e. The van der Waals surface area contributed by atoms with Crippen LogP contribution in [-0.4, -0.2) is 37.0 Å². The van der Waals surface area contributed by atoms with Crippen LogP contribution in [0.25, 0.3) is 0 Å². The topological polar surface area (TPSA) is 79.2 Å². The van der Waals surface area contributed by atoms with E-state index in [2.05, 4.69) is 21.2 Å². The molecule has 0 amide bonds. The first-order chi connectivity index (χ1) is 11.0. The quantitative estimate of drug-likeness (QED) is 0.734. The summed E-state index contributed by atoms with van der Waals surface area (Å²) in [6, 6.07) is 4.42. The van der Waals surface area contributed by atoms with Crippen LogP contribution >= 0.6 is 15.9 Å². The summed E-state index contributed by atoms with van der Waals surface area (Å²) in [7, 11) is -3.73. The molecule has 132 valence electrons. The summed E-state index contributed by atoms with van der Waals surface area (Å²) in [5.41, 5.74) is -1.09. The number of halogens is 2. The molecule has 2 aliphatic heterocycles. The fourth-order valence-electron chi connectivity index (χ4n) is 3.47. The lowest BCUT2D eigenvalue weighted by Gasteiger charge is -2.53. The van der Waals surface area contributed by atoms with Crippen molar-refractivity contribution in [1.29, 1.82) is 5.41 Å². The lowest BCUT2D eigenvalue weighted by Crippen LogP contribution is -2.73. The Bertz CT molecular complexity index is 812. The third-order valence-electron chi connectivity index (χ3n) is 5.14. The van der Waals surface area contributed by atoms with Crippen LogP contribution in [0, 0.1) is 11.2 Å². The van der Waals surface area contributed by atoms with Crippen LogP contribution in [-0.2, 0) is 20.1 Å². The molecule has 24 heavy (non-hydrogen) atoms. The fraction of sp³-hybridized carbons (Fsp3) is 0.562. The van der Waals surface area contributed by atoms with Crippen LogP contribution in [0.15, 0.2) is 22.7 Å². The van der Waals surface area contributed by atoms with Crippen molar-refractivity contribution in [1.82, 2.24) is 5.32 Å². The first-order valence-electron chi connectivity index (χ1n) is 7.70.